The minimum atomic E-state index is 0.869. The van der Waals surface area contributed by atoms with E-state index in [-0.39, 0.29) is 0 Å². The SMILES string of the molecule is CCCC(CCCC(C)CC(C)C(CC(C)C(CC)CC)C(C)CC)CC(C)CC. The minimum absolute atomic E-state index is 0.869. The monoisotopic (exact) mass is 422 g/mol. The van der Waals surface area contributed by atoms with E-state index in [9.17, 15) is 0 Å². The van der Waals surface area contributed by atoms with Crippen LogP contribution in [-0.4, -0.2) is 0 Å². The fraction of sp³-hybridized carbons (Fsp3) is 1.00. The first kappa shape index (κ1) is 30.0. The van der Waals surface area contributed by atoms with E-state index in [0.29, 0.717) is 0 Å². The van der Waals surface area contributed by atoms with E-state index in [0.717, 1.165) is 47.3 Å². The summed E-state index contributed by atoms with van der Waals surface area (Å²) < 4.78 is 0. The Labute approximate surface area is 193 Å². The molecule has 0 nitrogen and oxygen atoms in total. The van der Waals surface area contributed by atoms with Crippen LogP contribution < -0.4 is 0 Å². The zero-order chi connectivity index (χ0) is 23.1. The first-order chi connectivity index (χ1) is 14.2. The summed E-state index contributed by atoms with van der Waals surface area (Å²) in [6, 6.07) is 0. The lowest BCUT2D eigenvalue weighted by atomic mass is 9.71. The van der Waals surface area contributed by atoms with Crippen molar-refractivity contribution in [2.45, 2.75) is 146 Å². The molecule has 30 heavy (non-hydrogen) atoms. The molecule has 0 N–H and O–H groups in total. The maximum Gasteiger partial charge on any atom is -0.0360 e. The molecular formula is C30H62. The molecule has 0 aromatic rings. The molecule has 0 bridgehead atoms. The van der Waals surface area contributed by atoms with Gasteiger partial charge in [0.05, 0.1) is 0 Å². The Balaban J connectivity index is 4.66. The molecule has 0 heteroatoms. The van der Waals surface area contributed by atoms with Gasteiger partial charge < -0.3 is 0 Å². The normalized spacial score (nSPS) is 19.3. The molecule has 0 rings (SSSR count). The highest BCUT2D eigenvalue weighted by atomic mass is 14.3. The van der Waals surface area contributed by atoms with Crippen molar-refractivity contribution in [3.63, 3.8) is 0 Å². The van der Waals surface area contributed by atoms with Crippen LogP contribution in [0.3, 0.4) is 0 Å². The van der Waals surface area contributed by atoms with E-state index in [1.807, 2.05) is 0 Å². The zero-order valence-corrected chi connectivity index (χ0v) is 23.1. The summed E-state index contributed by atoms with van der Waals surface area (Å²) in [7, 11) is 0. The van der Waals surface area contributed by atoms with Crippen molar-refractivity contribution in [1.82, 2.24) is 0 Å². The van der Waals surface area contributed by atoms with Gasteiger partial charge in [-0.1, -0.05) is 127 Å². The average Bonchev–Trinajstić information content (AvgIpc) is 2.72. The van der Waals surface area contributed by atoms with Crippen LogP contribution in [0, 0.1) is 47.3 Å². The second-order valence-electron chi connectivity index (χ2n) is 11.5. The van der Waals surface area contributed by atoms with Gasteiger partial charge in [0.15, 0.2) is 0 Å². The Morgan fingerprint density at radius 1 is 0.500 bits per heavy atom. The third-order valence-corrected chi connectivity index (χ3v) is 8.82. The van der Waals surface area contributed by atoms with Gasteiger partial charge in [0.25, 0.3) is 0 Å². The molecule has 7 unspecified atom stereocenters. The largest absolute Gasteiger partial charge is 0.0654 e. The third-order valence-electron chi connectivity index (χ3n) is 8.82. The fourth-order valence-corrected chi connectivity index (χ4v) is 6.25. The minimum Gasteiger partial charge on any atom is -0.0654 e. The summed E-state index contributed by atoms with van der Waals surface area (Å²) in [5.41, 5.74) is 0. The molecule has 0 saturated heterocycles. The topological polar surface area (TPSA) is 0 Å². The van der Waals surface area contributed by atoms with Gasteiger partial charge in [-0.25, -0.2) is 0 Å². The highest BCUT2D eigenvalue weighted by molar-refractivity contribution is 4.78. The molecular weight excluding hydrogens is 360 g/mol. The van der Waals surface area contributed by atoms with Gasteiger partial charge in [-0.15, -0.1) is 0 Å². The highest BCUT2D eigenvalue weighted by Crippen LogP contribution is 2.37. The number of rotatable bonds is 19. The maximum absolute atomic E-state index is 2.58. The first-order valence-corrected chi connectivity index (χ1v) is 14.2. The molecule has 0 aliphatic rings. The predicted molar refractivity (Wildman–Crippen MR) is 140 cm³/mol. The zero-order valence-electron chi connectivity index (χ0n) is 23.1. The Morgan fingerprint density at radius 2 is 1.13 bits per heavy atom. The second-order valence-corrected chi connectivity index (χ2v) is 11.5. The lowest BCUT2D eigenvalue weighted by molar-refractivity contribution is 0.153. The van der Waals surface area contributed by atoms with E-state index in [4.69, 9.17) is 0 Å². The number of hydrogen-bond donors (Lipinski definition) is 0. The molecule has 0 amide bonds. The molecule has 0 aliphatic heterocycles. The van der Waals surface area contributed by atoms with Gasteiger partial charge in [-0.05, 0) is 66.6 Å². The van der Waals surface area contributed by atoms with E-state index >= 15 is 0 Å². The molecule has 0 aromatic heterocycles. The molecule has 0 aliphatic carbocycles. The van der Waals surface area contributed by atoms with Gasteiger partial charge in [0, 0.05) is 0 Å². The summed E-state index contributed by atoms with van der Waals surface area (Å²) in [5, 5.41) is 0. The second kappa shape index (κ2) is 17.5. The van der Waals surface area contributed by atoms with Crippen LogP contribution in [0.25, 0.3) is 0 Å². The van der Waals surface area contributed by atoms with E-state index in [1.165, 1.54) is 77.0 Å². The molecule has 0 heterocycles. The number of hydrogen-bond acceptors (Lipinski definition) is 0. The van der Waals surface area contributed by atoms with Gasteiger partial charge in [0.2, 0.25) is 0 Å². The van der Waals surface area contributed by atoms with E-state index in [1.54, 1.807) is 0 Å². The maximum atomic E-state index is 2.58. The third kappa shape index (κ3) is 12.1. The summed E-state index contributed by atoms with van der Waals surface area (Å²) >= 11 is 0. The molecule has 0 spiro atoms. The predicted octanol–water partition coefficient (Wildman–Crippen LogP) is 10.8. The smallest absolute Gasteiger partial charge is 0.0360 e. The first-order valence-electron chi connectivity index (χ1n) is 14.2. The van der Waals surface area contributed by atoms with Crippen molar-refractivity contribution in [2.75, 3.05) is 0 Å². The summed E-state index contributed by atoms with van der Waals surface area (Å²) in [6.45, 7) is 24.5. The van der Waals surface area contributed by atoms with Gasteiger partial charge in [0.1, 0.15) is 0 Å². The van der Waals surface area contributed by atoms with E-state index < -0.39 is 0 Å². The Bertz CT molecular complexity index is 368. The van der Waals surface area contributed by atoms with Crippen molar-refractivity contribution in [3.05, 3.63) is 0 Å². The Hall–Kier alpha value is 0. The summed E-state index contributed by atoms with van der Waals surface area (Å²) in [6.07, 6.45) is 16.9. The van der Waals surface area contributed by atoms with Crippen LogP contribution in [0.2, 0.25) is 0 Å². The molecule has 0 radical (unpaired) electrons. The average molecular weight is 423 g/mol. The van der Waals surface area contributed by atoms with Gasteiger partial charge in [-0.3, -0.25) is 0 Å². The van der Waals surface area contributed by atoms with Crippen LogP contribution in [0.4, 0.5) is 0 Å². The van der Waals surface area contributed by atoms with Crippen molar-refractivity contribution < 1.29 is 0 Å². The molecule has 0 saturated carbocycles. The summed E-state index contributed by atoms with van der Waals surface area (Å²) in [4.78, 5) is 0. The molecule has 0 aromatic carbocycles. The fourth-order valence-electron chi connectivity index (χ4n) is 6.25. The van der Waals surface area contributed by atoms with Crippen LogP contribution in [0.5, 0.6) is 0 Å². The Kier molecular flexibility index (Phi) is 17.5. The van der Waals surface area contributed by atoms with Crippen LogP contribution in [0.1, 0.15) is 146 Å². The van der Waals surface area contributed by atoms with Crippen molar-refractivity contribution in [2.24, 2.45) is 47.3 Å². The van der Waals surface area contributed by atoms with Crippen LogP contribution >= 0.6 is 0 Å². The molecule has 0 fully saturated rings. The molecule has 7 atom stereocenters. The van der Waals surface area contributed by atoms with Crippen LogP contribution in [0.15, 0.2) is 0 Å². The lowest BCUT2D eigenvalue weighted by Crippen LogP contribution is -2.26. The van der Waals surface area contributed by atoms with E-state index in [2.05, 4.69) is 69.2 Å². The quantitative estimate of drug-likeness (QED) is 0.194. The highest BCUT2D eigenvalue weighted by Gasteiger charge is 2.28. The summed E-state index contributed by atoms with van der Waals surface area (Å²) in [5.74, 6) is 7.23. The van der Waals surface area contributed by atoms with Crippen LogP contribution in [-0.2, 0) is 0 Å². The van der Waals surface area contributed by atoms with Crippen molar-refractivity contribution in [3.8, 4) is 0 Å². The van der Waals surface area contributed by atoms with Gasteiger partial charge in [-0.2, -0.15) is 0 Å². The molecule has 182 valence electrons. The standard InChI is InChI=1S/C30H62/c1-11-17-28(21-23(6)12-2)19-16-18-24(7)20-27(10)30(25(8)13-3)22-26(9)29(14-4)15-5/h23-30H,11-22H2,1-10H3. The lowest BCUT2D eigenvalue weighted by Gasteiger charge is -2.35. The Morgan fingerprint density at radius 3 is 1.63 bits per heavy atom. The van der Waals surface area contributed by atoms with Crippen molar-refractivity contribution in [1.29, 1.82) is 0 Å². The van der Waals surface area contributed by atoms with Crippen molar-refractivity contribution >= 4 is 0 Å². The van der Waals surface area contributed by atoms with Gasteiger partial charge >= 0.3 is 0 Å².